The van der Waals surface area contributed by atoms with Gasteiger partial charge in [-0.25, -0.2) is 0 Å². The van der Waals surface area contributed by atoms with Gasteiger partial charge in [-0.3, -0.25) is 0 Å². The van der Waals surface area contributed by atoms with Gasteiger partial charge in [0.2, 0.25) is 0 Å². The third-order valence-corrected chi connectivity index (χ3v) is 2.44. The van der Waals surface area contributed by atoms with Crippen molar-refractivity contribution < 1.29 is 14.6 Å². The Morgan fingerprint density at radius 2 is 1.91 bits per heavy atom. The smallest absolute Gasteiger partial charge is 0.173 e. The van der Waals surface area contributed by atoms with E-state index in [1.165, 1.54) is 12.8 Å². The summed E-state index contributed by atoms with van der Waals surface area (Å²) < 4.78 is 11.0. The summed E-state index contributed by atoms with van der Waals surface area (Å²) in [5, 5.41) is 8.81. The van der Waals surface area contributed by atoms with Gasteiger partial charge in [0.25, 0.3) is 0 Å². The van der Waals surface area contributed by atoms with Crippen LogP contribution >= 0.6 is 0 Å². The number of aliphatic hydroxyl groups is 1. The maximum atomic E-state index is 8.81. The molecule has 0 amide bonds. The highest BCUT2D eigenvalue weighted by Crippen LogP contribution is 2.46. The van der Waals surface area contributed by atoms with Gasteiger partial charge >= 0.3 is 0 Å². The first-order valence-electron chi connectivity index (χ1n) is 4.26. The Morgan fingerprint density at radius 1 is 1.27 bits per heavy atom. The SMILES string of the molecule is OCCC1(C2CC2)OCCO1. The summed E-state index contributed by atoms with van der Waals surface area (Å²) in [6.07, 6.45) is 3.03. The fraction of sp³-hybridized carbons (Fsp3) is 1.00. The molecule has 1 N–H and O–H groups in total. The third kappa shape index (κ3) is 1.28. The van der Waals surface area contributed by atoms with Crippen LogP contribution in [0.2, 0.25) is 0 Å². The summed E-state index contributed by atoms with van der Waals surface area (Å²) in [7, 11) is 0. The molecule has 1 aliphatic heterocycles. The number of ether oxygens (including phenoxy) is 2. The summed E-state index contributed by atoms with van der Waals surface area (Å²) in [5.41, 5.74) is 0. The predicted molar refractivity (Wildman–Crippen MR) is 39.1 cm³/mol. The lowest BCUT2D eigenvalue weighted by molar-refractivity contribution is -0.182. The first-order valence-corrected chi connectivity index (χ1v) is 4.26. The Hall–Kier alpha value is -0.120. The maximum absolute atomic E-state index is 8.81. The van der Waals surface area contributed by atoms with E-state index in [-0.39, 0.29) is 6.61 Å². The molecule has 1 saturated heterocycles. The van der Waals surface area contributed by atoms with Gasteiger partial charge in [-0.05, 0) is 12.8 Å². The minimum Gasteiger partial charge on any atom is -0.396 e. The van der Waals surface area contributed by atoms with Gasteiger partial charge in [0.1, 0.15) is 0 Å². The summed E-state index contributed by atoms with van der Waals surface area (Å²) in [5.74, 6) is 0.159. The zero-order chi connectivity index (χ0) is 7.73. The first-order chi connectivity index (χ1) is 5.37. The second-order valence-corrected chi connectivity index (χ2v) is 3.26. The molecule has 64 valence electrons. The largest absolute Gasteiger partial charge is 0.396 e. The summed E-state index contributed by atoms with van der Waals surface area (Å²) in [4.78, 5) is 0. The average molecular weight is 158 g/mol. The molecule has 1 aliphatic carbocycles. The molecule has 0 aromatic carbocycles. The van der Waals surface area contributed by atoms with E-state index in [9.17, 15) is 0 Å². The van der Waals surface area contributed by atoms with E-state index in [4.69, 9.17) is 14.6 Å². The van der Waals surface area contributed by atoms with Gasteiger partial charge in [0.15, 0.2) is 5.79 Å². The molecule has 2 fully saturated rings. The molecule has 3 nitrogen and oxygen atoms in total. The van der Waals surface area contributed by atoms with E-state index in [0.717, 1.165) is 0 Å². The van der Waals surface area contributed by atoms with Gasteiger partial charge < -0.3 is 14.6 Å². The monoisotopic (exact) mass is 158 g/mol. The quantitative estimate of drug-likeness (QED) is 0.651. The molecule has 1 heterocycles. The Kier molecular flexibility index (Phi) is 1.87. The number of hydrogen-bond acceptors (Lipinski definition) is 3. The van der Waals surface area contributed by atoms with Gasteiger partial charge in [-0.1, -0.05) is 0 Å². The molecular weight excluding hydrogens is 144 g/mol. The number of aliphatic hydroxyl groups excluding tert-OH is 1. The zero-order valence-electron chi connectivity index (χ0n) is 6.58. The van der Waals surface area contributed by atoms with E-state index in [1.807, 2.05) is 0 Å². The molecule has 0 atom stereocenters. The van der Waals surface area contributed by atoms with E-state index >= 15 is 0 Å². The highest BCUT2D eigenvalue weighted by atomic mass is 16.7. The number of rotatable bonds is 3. The minimum atomic E-state index is -0.394. The molecule has 0 aromatic heterocycles. The Morgan fingerprint density at radius 3 is 2.36 bits per heavy atom. The zero-order valence-corrected chi connectivity index (χ0v) is 6.58. The highest BCUT2D eigenvalue weighted by molar-refractivity contribution is 4.91. The van der Waals surface area contributed by atoms with E-state index in [2.05, 4.69) is 0 Å². The molecule has 0 spiro atoms. The molecule has 2 aliphatic rings. The lowest BCUT2D eigenvalue weighted by Gasteiger charge is -2.26. The summed E-state index contributed by atoms with van der Waals surface area (Å²) >= 11 is 0. The molecule has 0 aromatic rings. The molecule has 3 heteroatoms. The molecule has 11 heavy (non-hydrogen) atoms. The van der Waals surface area contributed by atoms with Crippen molar-refractivity contribution >= 4 is 0 Å². The third-order valence-electron chi connectivity index (χ3n) is 2.44. The molecule has 0 radical (unpaired) electrons. The van der Waals surface area contributed by atoms with Crippen molar-refractivity contribution in [3.8, 4) is 0 Å². The predicted octanol–water partition coefficient (Wildman–Crippen LogP) is 0.522. The van der Waals surface area contributed by atoms with E-state index < -0.39 is 5.79 Å². The van der Waals surface area contributed by atoms with Crippen LogP contribution in [0.3, 0.4) is 0 Å². The van der Waals surface area contributed by atoms with Crippen LogP contribution in [-0.4, -0.2) is 30.7 Å². The standard InChI is InChI=1S/C8H14O3/c9-4-3-8(7-1-2-7)10-5-6-11-8/h7,9H,1-6H2. The lowest BCUT2D eigenvalue weighted by Crippen LogP contribution is -2.33. The van der Waals surface area contributed by atoms with Gasteiger partial charge in [0, 0.05) is 18.9 Å². The Balaban J connectivity index is 1.99. The fourth-order valence-electron chi connectivity index (χ4n) is 1.73. The van der Waals surface area contributed by atoms with E-state index in [1.54, 1.807) is 0 Å². The molecule has 1 saturated carbocycles. The van der Waals surface area contributed by atoms with Crippen LogP contribution in [0, 0.1) is 5.92 Å². The van der Waals surface area contributed by atoms with Crippen LogP contribution in [0.4, 0.5) is 0 Å². The second-order valence-electron chi connectivity index (χ2n) is 3.26. The molecule has 0 unspecified atom stereocenters. The van der Waals surface area contributed by atoms with Crippen molar-refractivity contribution in [1.82, 2.24) is 0 Å². The summed E-state index contributed by atoms with van der Waals surface area (Å²) in [6, 6.07) is 0. The average Bonchev–Trinajstić information content (AvgIpc) is 2.76. The first kappa shape index (κ1) is 7.53. The maximum Gasteiger partial charge on any atom is 0.173 e. The van der Waals surface area contributed by atoms with Gasteiger partial charge in [0.05, 0.1) is 13.2 Å². The van der Waals surface area contributed by atoms with Crippen molar-refractivity contribution in [1.29, 1.82) is 0 Å². The van der Waals surface area contributed by atoms with Crippen molar-refractivity contribution in [2.24, 2.45) is 5.92 Å². The highest BCUT2D eigenvalue weighted by Gasteiger charge is 2.49. The Labute approximate surface area is 66.3 Å². The fourth-order valence-corrected chi connectivity index (χ4v) is 1.73. The van der Waals surface area contributed by atoms with Crippen LogP contribution in [0.5, 0.6) is 0 Å². The van der Waals surface area contributed by atoms with Crippen LogP contribution in [0.25, 0.3) is 0 Å². The van der Waals surface area contributed by atoms with E-state index in [0.29, 0.717) is 25.6 Å². The van der Waals surface area contributed by atoms with Gasteiger partial charge in [-0.2, -0.15) is 0 Å². The molecule has 0 bridgehead atoms. The second kappa shape index (κ2) is 2.73. The lowest BCUT2D eigenvalue weighted by atomic mass is 10.1. The van der Waals surface area contributed by atoms with Crippen molar-refractivity contribution in [3.05, 3.63) is 0 Å². The van der Waals surface area contributed by atoms with Crippen LogP contribution in [0.1, 0.15) is 19.3 Å². The topological polar surface area (TPSA) is 38.7 Å². The van der Waals surface area contributed by atoms with Gasteiger partial charge in [-0.15, -0.1) is 0 Å². The molecule has 2 rings (SSSR count). The molecular formula is C8H14O3. The minimum absolute atomic E-state index is 0.163. The van der Waals surface area contributed by atoms with Crippen LogP contribution in [-0.2, 0) is 9.47 Å². The number of hydrogen-bond donors (Lipinski definition) is 1. The van der Waals surface area contributed by atoms with Crippen molar-refractivity contribution in [2.75, 3.05) is 19.8 Å². The van der Waals surface area contributed by atoms with Crippen molar-refractivity contribution in [2.45, 2.75) is 25.0 Å². The van der Waals surface area contributed by atoms with Crippen LogP contribution < -0.4 is 0 Å². The summed E-state index contributed by atoms with van der Waals surface area (Å²) in [6.45, 7) is 1.55. The Bertz CT molecular complexity index is 136. The van der Waals surface area contributed by atoms with Crippen LogP contribution in [0.15, 0.2) is 0 Å². The normalized spacial score (nSPS) is 29.2. The van der Waals surface area contributed by atoms with Crippen molar-refractivity contribution in [3.63, 3.8) is 0 Å².